The average molecular weight is 529 g/mol. The maximum absolute atomic E-state index is 13.0. The molecule has 0 aliphatic carbocycles. The highest BCUT2D eigenvalue weighted by molar-refractivity contribution is 7.91. The molecule has 2 aliphatic rings. The average Bonchev–Trinajstić information content (AvgIpc) is 3.63. The molecule has 2 aliphatic heterocycles. The third-order valence-electron chi connectivity index (χ3n) is 7.00. The van der Waals surface area contributed by atoms with Crippen LogP contribution in [0.3, 0.4) is 0 Å². The third kappa shape index (κ3) is 3.57. The van der Waals surface area contributed by atoms with Gasteiger partial charge in [0.2, 0.25) is 5.82 Å². The van der Waals surface area contributed by atoms with E-state index in [0.717, 1.165) is 29.0 Å². The van der Waals surface area contributed by atoms with Gasteiger partial charge in [0.1, 0.15) is 22.0 Å². The molecule has 1 unspecified atom stereocenters. The SMILES string of the molecule is CS(=O)(=O)c1c(C2C[C@H]3CC[C@@H](C2)N3C(=O)c2ncn[nH]2)nc2c(-c3cnc(CN)s3)cnn2c1N. The lowest BCUT2D eigenvalue weighted by molar-refractivity contribution is 0.0556. The number of H-pyrrole nitrogens is 1. The van der Waals surface area contributed by atoms with Crippen molar-refractivity contribution in [1.29, 1.82) is 0 Å². The lowest BCUT2D eigenvalue weighted by Gasteiger charge is -2.38. The molecule has 0 aromatic carbocycles. The molecule has 188 valence electrons. The van der Waals surface area contributed by atoms with Gasteiger partial charge in [0.15, 0.2) is 15.5 Å². The first kappa shape index (κ1) is 23.0. The van der Waals surface area contributed by atoms with Crippen molar-refractivity contribution >= 4 is 38.5 Å². The molecule has 2 fully saturated rings. The van der Waals surface area contributed by atoms with Crippen LogP contribution in [0.25, 0.3) is 16.1 Å². The summed E-state index contributed by atoms with van der Waals surface area (Å²) in [6, 6.07) is -0.119. The maximum Gasteiger partial charge on any atom is 0.291 e. The Kier molecular flexibility index (Phi) is 5.31. The van der Waals surface area contributed by atoms with Crippen molar-refractivity contribution < 1.29 is 13.2 Å². The number of nitrogens with two attached hydrogens (primary N) is 2. The molecule has 0 saturated carbocycles. The van der Waals surface area contributed by atoms with Crippen LogP contribution in [0.5, 0.6) is 0 Å². The Hall–Kier alpha value is -3.43. The predicted molar refractivity (Wildman–Crippen MR) is 131 cm³/mol. The molecule has 1 amide bonds. The second-order valence-electron chi connectivity index (χ2n) is 9.20. The van der Waals surface area contributed by atoms with Gasteiger partial charge >= 0.3 is 0 Å². The fourth-order valence-corrected chi connectivity index (χ4v) is 7.40. The smallest absolute Gasteiger partial charge is 0.291 e. The summed E-state index contributed by atoms with van der Waals surface area (Å²) >= 11 is 1.43. The quantitative estimate of drug-likeness (QED) is 0.336. The molecule has 5 N–H and O–H groups in total. The van der Waals surface area contributed by atoms with Crippen molar-refractivity contribution in [2.24, 2.45) is 5.73 Å². The van der Waals surface area contributed by atoms with Gasteiger partial charge in [0.25, 0.3) is 5.91 Å². The van der Waals surface area contributed by atoms with Crippen LogP contribution in [0.4, 0.5) is 5.82 Å². The van der Waals surface area contributed by atoms with Crippen LogP contribution in [0, 0.1) is 0 Å². The first-order valence-electron chi connectivity index (χ1n) is 11.5. The molecular weight excluding hydrogens is 504 g/mol. The highest BCUT2D eigenvalue weighted by Crippen LogP contribution is 2.45. The molecule has 15 heteroatoms. The Bertz CT molecular complexity index is 1560. The number of aromatic amines is 1. The van der Waals surface area contributed by atoms with Crippen LogP contribution in [0.1, 0.15) is 52.9 Å². The van der Waals surface area contributed by atoms with Gasteiger partial charge in [-0.15, -0.1) is 11.3 Å². The lowest BCUT2D eigenvalue weighted by atomic mass is 9.87. The van der Waals surface area contributed by atoms with Gasteiger partial charge in [-0.2, -0.15) is 14.7 Å². The monoisotopic (exact) mass is 528 g/mol. The van der Waals surface area contributed by atoms with E-state index in [1.807, 2.05) is 4.90 Å². The largest absolute Gasteiger partial charge is 0.382 e. The number of nitrogens with zero attached hydrogens (tertiary/aromatic N) is 7. The number of rotatable bonds is 5. The Morgan fingerprint density at radius 1 is 1.22 bits per heavy atom. The molecule has 36 heavy (non-hydrogen) atoms. The molecule has 6 heterocycles. The van der Waals surface area contributed by atoms with Crippen molar-refractivity contribution in [3.8, 4) is 10.4 Å². The van der Waals surface area contributed by atoms with E-state index in [1.54, 1.807) is 12.4 Å². The Labute approximate surface area is 209 Å². The number of sulfone groups is 1. The predicted octanol–water partition coefficient (Wildman–Crippen LogP) is 0.966. The number of carbonyl (C=O) groups excluding carboxylic acids is 1. The summed E-state index contributed by atoms with van der Waals surface area (Å²) in [4.78, 5) is 28.9. The second kappa shape index (κ2) is 8.31. The van der Waals surface area contributed by atoms with Gasteiger partial charge < -0.3 is 16.4 Å². The molecule has 2 bridgehead atoms. The van der Waals surface area contributed by atoms with Crippen molar-refractivity contribution in [2.75, 3.05) is 12.0 Å². The molecule has 3 atom stereocenters. The van der Waals surface area contributed by atoms with Gasteiger partial charge in [-0.25, -0.2) is 23.4 Å². The Morgan fingerprint density at radius 2 is 1.97 bits per heavy atom. The fraction of sp³-hybridized carbons (Fsp3) is 0.429. The van der Waals surface area contributed by atoms with Crippen LogP contribution in [0.15, 0.2) is 23.6 Å². The van der Waals surface area contributed by atoms with Gasteiger partial charge in [-0.3, -0.25) is 9.89 Å². The van der Waals surface area contributed by atoms with Crippen molar-refractivity contribution in [1.82, 2.24) is 39.7 Å². The van der Waals surface area contributed by atoms with Crippen LogP contribution >= 0.6 is 11.3 Å². The van der Waals surface area contributed by atoms with E-state index in [-0.39, 0.29) is 40.4 Å². The number of thiazole rings is 1. The number of nitrogens with one attached hydrogen (secondary N) is 1. The standard InChI is InChI=1S/C21H24N10O3S2/c1-36(33,34)17-16(10-4-11-2-3-12(5-10)30(11)21(32)19-25-9-26-29-19)28-20-13(7-27-31(20)18(17)23)14-8-24-15(6-22)35-14/h7-12H,2-6,22-23H2,1H3,(H,25,26,29)/t10?,11-,12+. The topological polar surface area (TPSA) is 191 Å². The van der Waals surface area contributed by atoms with Crippen molar-refractivity contribution in [2.45, 2.75) is 55.1 Å². The van der Waals surface area contributed by atoms with Crippen molar-refractivity contribution in [3.05, 3.63) is 35.2 Å². The minimum absolute atomic E-state index is 0.00369. The first-order valence-corrected chi connectivity index (χ1v) is 14.2. The van der Waals surface area contributed by atoms with Crippen LogP contribution in [-0.2, 0) is 16.4 Å². The van der Waals surface area contributed by atoms with Crippen LogP contribution in [-0.4, -0.2) is 72.3 Å². The first-order chi connectivity index (χ1) is 17.3. The van der Waals surface area contributed by atoms with Gasteiger partial charge in [0, 0.05) is 37.0 Å². The zero-order valence-electron chi connectivity index (χ0n) is 19.3. The number of fused-ring (bicyclic) bond motifs is 3. The molecule has 2 saturated heterocycles. The summed E-state index contributed by atoms with van der Waals surface area (Å²) in [6.07, 6.45) is 8.57. The minimum Gasteiger partial charge on any atom is -0.382 e. The molecule has 0 radical (unpaired) electrons. The molecule has 4 aromatic heterocycles. The van der Waals surface area contributed by atoms with Gasteiger partial charge in [-0.05, 0) is 25.7 Å². The van der Waals surface area contributed by atoms with Crippen LogP contribution < -0.4 is 11.5 Å². The number of hydrogen-bond donors (Lipinski definition) is 3. The number of nitrogen functional groups attached to an aromatic ring is 1. The third-order valence-corrected chi connectivity index (χ3v) is 9.21. The zero-order valence-corrected chi connectivity index (χ0v) is 21.0. The summed E-state index contributed by atoms with van der Waals surface area (Å²) in [5, 5.41) is 11.5. The molecule has 4 aromatic rings. The zero-order chi connectivity index (χ0) is 25.2. The van der Waals surface area contributed by atoms with E-state index in [2.05, 4.69) is 25.3 Å². The van der Waals surface area contributed by atoms with E-state index in [0.29, 0.717) is 36.3 Å². The van der Waals surface area contributed by atoms with E-state index in [1.165, 1.54) is 22.2 Å². The number of carbonyl (C=O) groups is 1. The van der Waals surface area contributed by atoms with E-state index < -0.39 is 9.84 Å². The van der Waals surface area contributed by atoms with Gasteiger partial charge in [-0.1, -0.05) is 0 Å². The number of aromatic nitrogens is 7. The summed E-state index contributed by atoms with van der Waals surface area (Å²) in [7, 11) is -3.72. The maximum atomic E-state index is 13.0. The van der Waals surface area contributed by atoms with E-state index >= 15 is 0 Å². The lowest BCUT2D eigenvalue weighted by Crippen LogP contribution is -2.46. The number of hydrogen-bond acceptors (Lipinski definition) is 11. The van der Waals surface area contributed by atoms with E-state index in [4.69, 9.17) is 16.5 Å². The van der Waals surface area contributed by atoms with E-state index in [9.17, 15) is 13.2 Å². The number of amides is 1. The fourth-order valence-electron chi connectivity index (χ4n) is 5.54. The highest BCUT2D eigenvalue weighted by atomic mass is 32.2. The molecule has 6 rings (SSSR count). The Morgan fingerprint density at radius 3 is 2.58 bits per heavy atom. The van der Waals surface area contributed by atoms with Crippen molar-refractivity contribution in [3.63, 3.8) is 0 Å². The number of anilines is 1. The summed E-state index contributed by atoms with van der Waals surface area (Å²) < 4.78 is 27.2. The number of piperidine rings is 1. The molecule has 0 spiro atoms. The highest BCUT2D eigenvalue weighted by Gasteiger charge is 2.46. The molecule has 13 nitrogen and oxygen atoms in total. The summed E-state index contributed by atoms with van der Waals surface area (Å²) in [6.45, 7) is 0.317. The Balaban J connectivity index is 1.44. The molecular formula is C21H24N10O3S2. The second-order valence-corrected chi connectivity index (χ2v) is 12.3. The minimum atomic E-state index is -3.72. The van der Waals surface area contributed by atoms with Crippen LogP contribution in [0.2, 0.25) is 0 Å². The summed E-state index contributed by atoms with van der Waals surface area (Å²) in [5.41, 5.74) is 13.8. The summed E-state index contributed by atoms with van der Waals surface area (Å²) in [5.74, 6) is -0.151. The normalized spacial score (nSPS) is 21.9. The van der Waals surface area contributed by atoms with Gasteiger partial charge in [0.05, 0.1) is 22.3 Å².